The van der Waals surface area contributed by atoms with Gasteiger partial charge in [-0.25, -0.2) is 9.59 Å². The van der Waals surface area contributed by atoms with Crippen LogP contribution in [-0.4, -0.2) is 56.0 Å². The highest BCUT2D eigenvalue weighted by Gasteiger charge is 2.28. The van der Waals surface area contributed by atoms with Crippen LogP contribution in [0, 0.1) is 11.8 Å². The van der Waals surface area contributed by atoms with E-state index < -0.39 is 24.0 Å². The van der Waals surface area contributed by atoms with Crippen molar-refractivity contribution in [3.63, 3.8) is 0 Å². The molecule has 2 aromatic carbocycles. The average Bonchev–Trinajstić information content (AvgIpc) is 3.13. The van der Waals surface area contributed by atoms with Crippen molar-refractivity contribution in [1.29, 1.82) is 0 Å². The van der Waals surface area contributed by atoms with Gasteiger partial charge in [0.05, 0.1) is 6.54 Å². The van der Waals surface area contributed by atoms with Gasteiger partial charge in [0.2, 0.25) is 0 Å². The number of amides is 2. The lowest BCUT2D eigenvalue weighted by Gasteiger charge is -2.14. The molecule has 172 valence electrons. The fourth-order valence-electron chi connectivity index (χ4n) is 3.77. The Morgan fingerprint density at radius 1 is 1.06 bits per heavy atom. The molecule has 0 bridgehead atoms. The average molecular weight is 450 g/mol. The Bertz CT molecular complexity index is 1030. The van der Waals surface area contributed by atoms with Crippen LogP contribution in [0.25, 0.3) is 11.1 Å². The maximum Gasteiger partial charge on any atom is 0.407 e. The number of methoxy groups -OCH3 is 1. The second-order valence-corrected chi connectivity index (χ2v) is 7.48. The van der Waals surface area contributed by atoms with Gasteiger partial charge in [0.1, 0.15) is 12.6 Å². The second-order valence-electron chi connectivity index (χ2n) is 7.48. The van der Waals surface area contributed by atoms with Crippen molar-refractivity contribution in [1.82, 2.24) is 10.6 Å². The van der Waals surface area contributed by atoms with Gasteiger partial charge in [-0.15, -0.1) is 0 Å². The van der Waals surface area contributed by atoms with Gasteiger partial charge >= 0.3 is 12.1 Å². The van der Waals surface area contributed by atoms with E-state index in [1.165, 1.54) is 7.11 Å². The van der Waals surface area contributed by atoms with Gasteiger partial charge in [0.15, 0.2) is 0 Å². The fraction of sp³-hybridized carbons (Fsp3) is 0.320. The lowest BCUT2D eigenvalue weighted by molar-refractivity contribution is -0.141. The summed E-state index contributed by atoms with van der Waals surface area (Å²) in [7, 11) is 1.52. The van der Waals surface area contributed by atoms with Gasteiger partial charge in [-0.2, -0.15) is 0 Å². The van der Waals surface area contributed by atoms with E-state index in [9.17, 15) is 14.4 Å². The first kappa shape index (κ1) is 23.8. The topological polar surface area (TPSA) is 114 Å². The van der Waals surface area contributed by atoms with Crippen LogP contribution in [0.1, 0.15) is 29.9 Å². The maximum atomic E-state index is 12.1. The number of carbonyl (C=O) groups excluding carboxylic acids is 2. The molecule has 0 aromatic heterocycles. The van der Waals surface area contributed by atoms with E-state index in [1.54, 1.807) is 0 Å². The molecule has 1 atom stereocenters. The van der Waals surface area contributed by atoms with Gasteiger partial charge in [0.25, 0.3) is 5.91 Å². The number of nitrogens with one attached hydrogen (secondary N) is 2. The highest BCUT2D eigenvalue weighted by molar-refractivity contribution is 5.96. The minimum Gasteiger partial charge on any atom is -0.480 e. The molecular formula is C25H26N2O6. The first-order valence-electron chi connectivity index (χ1n) is 10.6. The summed E-state index contributed by atoms with van der Waals surface area (Å²) >= 11 is 0. The van der Waals surface area contributed by atoms with E-state index >= 15 is 0 Å². The molecule has 3 N–H and O–H groups in total. The minimum absolute atomic E-state index is 0.0499. The van der Waals surface area contributed by atoms with Crippen molar-refractivity contribution in [2.24, 2.45) is 0 Å². The van der Waals surface area contributed by atoms with Gasteiger partial charge in [0, 0.05) is 19.6 Å². The lowest BCUT2D eigenvalue weighted by Crippen LogP contribution is -2.40. The molecule has 0 spiro atoms. The van der Waals surface area contributed by atoms with Crippen molar-refractivity contribution >= 4 is 18.0 Å². The molecule has 3 rings (SSSR count). The molecule has 0 radical (unpaired) electrons. The summed E-state index contributed by atoms with van der Waals surface area (Å²) in [5.41, 5.74) is 4.50. The molecule has 0 saturated heterocycles. The molecule has 8 nitrogen and oxygen atoms in total. The van der Waals surface area contributed by atoms with Crippen molar-refractivity contribution in [3.05, 3.63) is 59.7 Å². The normalized spacial score (nSPS) is 12.5. The summed E-state index contributed by atoms with van der Waals surface area (Å²) in [6.07, 6.45) is 0.0774. The zero-order valence-electron chi connectivity index (χ0n) is 18.3. The second kappa shape index (κ2) is 11.7. The van der Waals surface area contributed by atoms with Gasteiger partial charge < -0.3 is 25.2 Å². The number of benzene rings is 2. The fourth-order valence-corrected chi connectivity index (χ4v) is 3.77. The number of fused-ring (bicyclic) bond motifs is 3. The van der Waals surface area contributed by atoms with E-state index in [0.717, 1.165) is 22.3 Å². The molecule has 0 heterocycles. The quantitative estimate of drug-likeness (QED) is 0.400. The Balaban J connectivity index is 1.46. The lowest BCUT2D eigenvalue weighted by atomic mass is 9.98. The number of hydrogen-bond donors (Lipinski definition) is 3. The molecular weight excluding hydrogens is 424 g/mol. The number of carbonyl (C=O) groups is 3. The molecule has 0 aliphatic heterocycles. The van der Waals surface area contributed by atoms with Crippen molar-refractivity contribution in [2.45, 2.75) is 24.8 Å². The standard InChI is InChI=1S/C25H26N2O6/c1-32-15-7-12-22(24(29)30)27-23(28)13-6-14-26-25(31)33-16-21-19-10-4-2-8-17(19)18-9-3-5-11-20(18)21/h2-5,8-11,21-22H,7,12,14-16H2,1H3,(H,26,31)(H,27,28)(H,29,30). The Morgan fingerprint density at radius 3 is 2.30 bits per heavy atom. The van der Waals surface area contributed by atoms with Crippen molar-refractivity contribution in [2.75, 3.05) is 26.9 Å². The van der Waals surface area contributed by atoms with Crippen LogP contribution in [0.2, 0.25) is 0 Å². The van der Waals surface area contributed by atoms with Crippen LogP contribution >= 0.6 is 0 Å². The molecule has 1 aliphatic rings. The van der Waals surface area contributed by atoms with E-state index in [4.69, 9.17) is 14.6 Å². The Labute approximate surface area is 192 Å². The largest absolute Gasteiger partial charge is 0.480 e. The first-order valence-corrected chi connectivity index (χ1v) is 10.6. The van der Waals surface area contributed by atoms with Crippen LogP contribution in [0.5, 0.6) is 0 Å². The van der Waals surface area contributed by atoms with Crippen LogP contribution < -0.4 is 10.6 Å². The smallest absolute Gasteiger partial charge is 0.407 e. The molecule has 2 aromatic rings. The minimum atomic E-state index is -1.14. The number of aliphatic carboxylic acids is 1. The van der Waals surface area contributed by atoms with Crippen LogP contribution in [0.15, 0.2) is 48.5 Å². The molecule has 8 heteroatoms. The van der Waals surface area contributed by atoms with E-state index in [0.29, 0.717) is 13.0 Å². The number of carboxylic acids is 1. The number of ether oxygens (including phenoxy) is 2. The third kappa shape index (κ3) is 6.34. The predicted octanol–water partition coefficient (Wildman–Crippen LogP) is 2.52. The van der Waals surface area contributed by atoms with Crippen LogP contribution in [0.3, 0.4) is 0 Å². The Kier molecular flexibility index (Phi) is 8.44. The third-order valence-corrected chi connectivity index (χ3v) is 5.31. The van der Waals surface area contributed by atoms with Crippen LogP contribution in [0.4, 0.5) is 4.79 Å². The molecule has 1 aliphatic carbocycles. The highest BCUT2D eigenvalue weighted by Crippen LogP contribution is 2.44. The molecule has 0 fully saturated rings. The predicted molar refractivity (Wildman–Crippen MR) is 122 cm³/mol. The Hall–Kier alpha value is -3.83. The number of carboxylic acid groups (broad SMARTS) is 1. The zero-order valence-corrected chi connectivity index (χ0v) is 18.3. The molecule has 2 amide bonds. The van der Waals surface area contributed by atoms with Crippen molar-refractivity contribution < 1.29 is 29.0 Å². The third-order valence-electron chi connectivity index (χ3n) is 5.31. The van der Waals surface area contributed by atoms with Gasteiger partial charge in [-0.1, -0.05) is 54.5 Å². The maximum absolute atomic E-state index is 12.1. The number of alkyl carbamates (subject to hydrolysis) is 1. The summed E-state index contributed by atoms with van der Waals surface area (Å²) < 4.78 is 10.3. The van der Waals surface area contributed by atoms with Gasteiger partial charge in [-0.3, -0.25) is 4.79 Å². The van der Waals surface area contributed by atoms with Gasteiger partial charge in [-0.05, 0) is 41.0 Å². The van der Waals surface area contributed by atoms with E-state index in [-0.39, 0.29) is 25.5 Å². The summed E-state index contributed by atoms with van der Waals surface area (Å²) in [5, 5.41) is 14.0. The Morgan fingerprint density at radius 2 is 1.70 bits per heavy atom. The van der Waals surface area contributed by atoms with E-state index in [1.807, 2.05) is 36.4 Å². The summed E-state index contributed by atoms with van der Waals surface area (Å²) in [4.78, 5) is 35.1. The molecule has 33 heavy (non-hydrogen) atoms. The number of rotatable bonds is 9. The van der Waals surface area contributed by atoms with Crippen LogP contribution in [-0.2, 0) is 19.1 Å². The molecule has 1 unspecified atom stereocenters. The number of hydrogen-bond acceptors (Lipinski definition) is 5. The monoisotopic (exact) mass is 450 g/mol. The first-order chi connectivity index (χ1) is 16.0. The SMILES string of the molecule is COCCCC(NC(=O)C#CCNC(=O)OCC1c2ccccc2-c2ccccc21)C(=O)O. The zero-order chi connectivity index (χ0) is 23.6. The summed E-state index contributed by atoms with van der Waals surface area (Å²) in [5.74, 6) is 2.85. The molecule has 0 saturated carbocycles. The van der Waals surface area contributed by atoms with E-state index in [2.05, 4.69) is 34.6 Å². The highest BCUT2D eigenvalue weighted by atomic mass is 16.5. The summed E-state index contributed by atoms with van der Waals surface area (Å²) in [6.45, 7) is 0.469. The van der Waals surface area contributed by atoms with Crippen molar-refractivity contribution in [3.8, 4) is 23.0 Å². The summed E-state index contributed by atoms with van der Waals surface area (Å²) in [6, 6.07) is 15.0.